The van der Waals surface area contributed by atoms with Crippen LogP contribution < -0.4 is 0 Å². The molecule has 26 heavy (non-hydrogen) atoms. The standard InChI is InChI=1S/C20H29FN2O3/c1-20(21)9-3-2-6-18(20)22-10-4-5-17(13-22)26-19(25)23-14-7-8-15(23)12-16(24)11-14/h2-3,6,9,14-18,24H,4-5,7-8,10-13H2,1H3. The van der Waals surface area contributed by atoms with Crippen molar-refractivity contribution in [2.75, 3.05) is 13.1 Å². The highest BCUT2D eigenvalue weighted by Crippen LogP contribution is 2.37. The number of fused-ring (bicyclic) bond motifs is 2. The highest BCUT2D eigenvalue weighted by Gasteiger charge is 2.45. The lowest BCUT2D eigenvalue weighted by Gasteiger charge is -2.42. The molecule has 3 heterocycles. The first-order valence-electron chi connectivity index (χ1n) is 9.90. The second-order valence-corrected chi connectivity index (χ2v) is 8.40. The maximum Gasteiger partial charge on any atom is 0.410 e. The van der Waals surface area contributed by atoms with E-state index in [1.165, 1.54) is 0 Å². The topological polar surface area (TPSA) is 53.0 Å². The maximum absolute atomic E-state index is 14.8. The predicted octanol–water partition coefficient (Wildman–Crippen LogP) is 2.80. The van der Waals surface area contributed by atoms with Crippen LogP contribution in [0.15, 0.2) is 24.3 Å². The second-order valence-electron chi connectivity index (χ2n) is 8.40. The number of amides is 1. The van der Waals surface area contributed by atoms with Crippen molar-refractivity contribution >= 4 is 6.09 Å². The lowest BCUT2D eigenvalue weighted by molar-refractivity contribution is -0.0217. The van der Waals surface area contributed by atoms with Crippen LogP contribution in [0.4, 0.5) is 9.18 Å². The van der Waals surface area contributed by atoms with E-state index >= 15 is 0 Å². The molecule has 0 saturated carbocycles. The van der Waals surface area contributed by atoms with Crippen molar-refractivity contribution in [3.8, 4) is 0 Å². The van der Waals surface area contributed by atoms with Gasteiger partial charge < -0.3 is 14.7 Å². The van der Waals surface area contributed by atoms with Gasteiger partial charge in [-0.05, 0) is 58.1 Å². The Kier molecular flexibility index (Phi) is 4.82. The van der Waals surface area contributed by atoms with Gasteiger partial charge in [0.1, 0.15) is 11.8 Å². The van der Waals surface area contributed by atoms with E-state index in [-0.39, 0.29) is 36.4 Å². The molecule has 1 amide bonds. The normalized spacial score (nSPS) is 42.9. The molecule has 3 fully saturated rings. The second kappa shape index (κ2) is 6.97. The maximum atomic E-state index is 14.8. The Hall–Kier alpha value is -1.40. The molecule has 0 spiro atoms. The number of hydrogen-bond donors (Lipinski definition) is 1. The number of carbonyl (C=O) groups is 1. The van der Waals surface area contributed by atoms with E-state index in [0.29, 0.717) is 19.4 Å². The van der Waals surface area contributed by atoms with Crippen LogP contribution in [0.3, 0.4) is 0 Å². The highest BCUT2D eigenvalue weighted by atomic mass is 19.1. The number of alkyl halides is 1. The van der Waals surface area contributed by atoms with Crippen molar-refractivity contribution in [3.05, 3.63) is 24.3 Å². The SMILES string of the molecule is CC1(F)C=CC=CC1N1CCCC(OC(=O)N2C3CCC2CC(O)C3)C1. The summed E-state index contributed by atoms with van der Waals surface area (Å²) in [6.07, 6.45) is 11.3. The number of nitrogens with zero attached hydrogens (tertiary/aromatic N) is 2. The number of hydrogen-bond acceptors (Lipinski definition) is 4. The smallest absolute Gasteiger partial charge is 0.410 e. The molecule has 1 N–H and O–H groups in total. The third kappa shape index (κ3) is 3.41. The van der Waals surface area contributed by atoms with Gasteiger partial charge in [0, 0.05) is 18.6 Å². The number of aliphatic hydroxyl groups excluding tert-OH is 1. The molecule has 2 bridgehead atoms. The molecular formula is C20H29FN2O3. The molecule has 144 valence electrons. The lowest BCUT2D eigenvalue weighted by Crippen LogP contribution is -2.54. The van der Waals surface area contributed by atoms with Crippen molar-refractivity contribution in [2.45, 2.75) is 81.5 Å². The van der Waals surface area contributed by atoms with Gasteiger partial charge in [-0.25, -0.2) is 9.18 Å². The molecule has 4 aliphatic rings. The summed E-state index contributed by atoms with van der Waals surface area (Å²) in [6, 6.07) is -0.0942. The zero-order valence-corrected chi connectivity index (χ0v) is 15.4. The van der Waals surface area contributed by atoms with Crippen LogP contribution in [-0.2, 0) is 4.74 Å². The van der Waals surface area contributed by atoms with Crippen molar-refractivity contribution in [1.29, 1.82) is 0 Å². The summed E-state index contributed by atoms with van der Waals surface area (Å²) < 4.78 is 20.7. The Morgan fingerprint density at radius 2 is 1.96 bits per heavy atom. The van der Waals surface area contributed by atoms with Crippen LogP contribution in [0.2, 0.25) is 0 Å². The van der Waals surface area contributed by atoms with E-state index in [1.54, 1.807) is 19.1 Å². The van der Waals surface area contributed by atoms with Gasteiger partial charge in [-0.15, -0.1) is 0 Å². The van der Waals surface area contributed by atoms with Crippen molar-refractivity contribution in [1.82, 2.24) is 9.80 Å². The van der Waals surface area contributed by atoms with Crippen molar-refractivity contribution in [3.63, 3.8) is 0 Å². The Balaban J connectivity index is 1.37. The number of piperidine rings is 2. The molecule has 5 nitrogen and oxygen atoms in total. The van der Waals surface area contributed by atoms with E-state index in [2.05, 4.69) is 4.90 Å². The third-order valence-electron chi connectivity index (χ3n) is 6.39. The Bertz CT molecular complexity index is 592. The highest BCUT2D eigenvalue weighted by molar-refractivity contribution is 5.69. The predicted molar refractivity (Wildman–Crippen MR) is 96.5 cm³/mol. The molecule has 1 aliphatic carbocycles. The molecule has 3 aliphatic heterocycles. The van der Waals surface area contributed by atoms with Crippen LogP contribution in [0, 0.1) is 0 Å². The Morgan fingerprint density at radius 1 is 1.23 bits per heavy atom. The summed E-state index contributed by atoms with van der Waals surface area (Å²) in [4.78, 5) is 16.7. The van der Waals surface area contributed by atoms with Gasteiger partial charge >= 0.3 is 6.09 Å². The van der Waals surface area contributed by atoms with E-state index in [4.69, 9.17) is 4.74 Å². The summed E-state index contributed by atoms with van der Waals surface area (Å²) in [5.41, 5.74) is -1.40. The molecule has 4 rings (SSSR count). The van der Waals surface area contributed by atoms with Gasteiger partial charge in [0.2, 0.25) is 0 Å². The largest absolute Gasteiger partial charge is 0.445 e. The number of likely N-dealkylation sites (tertiary alicyclic amines) is 1. The van der Waals surface area contributed by atoms with Gasteiger partial charge in [0.25, 0.3) is 0 Å². The van der Waals surface area contributed by atoms with E-state index < -0.39 is 5.67 Å². The Labute approximate surface area is 154 Å². The fourth-order valence-corrected chi connectivity index (χ4v) is 5.14. The molecular weight excluding hydrogens is 335 g/mol. The summed E-state index contributed by atoms with van der Waals surface area (Å²) in [5, 5.41) is 9.91. The zero-order valence-electron chi connectivity index (χ0n) is 15.4. The first kappa shape index (κ1) is 18.0. The third-order valence-corrected chi connectivity index (χ3v) is 6.39. The van der Waals surface area contributed by atoms with E-state index in [1.807, 2.05) is 17.1 Å². The van der Waals surface area contributed by atoms with Gasteiger partial charge in [-0.1, -0.05) is 18.2 Å². The van der Waals surface area contributed by atoms with Gasteiger partial charge in [0.15, 0.2) is 0 Å². The number of rotatable bonds is 2. The first-order valence-corrected chi connectivity index (χ1v) is 9.90. The average Bonchev–Trinajstić information content (AvgIpc) is 2.86. The number of halogens is 1. The number of carbonyl (C=O) groups excluding carboxylic acids is 1. The van der Waals surface area contributed by atoms with Crippen molar-refractivity contribution < 1.29 is 19.0 Å². The monoisotopic (exact) mass is 364 g/mol. The van der Waals surface area contributed by atoms with Gasteiger partial charge in [-0.2, -0.15) is 0 Å². The molecule has 6 heteroatoms. The van der Waals surface area contributed by atoms with Gasteiger partial charge in [0.05, 0.1) is 12.1 Å². The first-order chi connectivity index (χ1) is 12.4. The molecule has 0 radical (unpaired) electrons. The Morgan fingerprint density at radius 3 is 2.65 bits per heavy atom. The van der Waals surface area contributed by atoms with E-state index in [0.717, 1.165) is 32.2 Å². The summed E-state index contributed by atoms with van der Waals surface area (Å²) in [6.45, 7) is 2.99. The quantitative estimate of drug-likeness (QED) is 0.819. The number of aliphatic hydroxyl groups is 1. The van der Waals surface area contributed by atoms with Crippen LogP contribution >= 0.6 is 0 Å². The lowest BCUT2D eigenvalue weighted by atomic mass is 9.90. The molecule has 0 aromatic rings. The summed E-state index contributed by atoms with van der Waals surface area (Å²) in [5.74, 6) is 0. The zero-order chi connectivity index (χ0) is 18.3. The average molecular weight is 364 g/mol. The summed E-state index contributed by atoms with van der Waals surface area (Å²) >= 11 is 0. The van der Waals surface area contributed by atoms with Crippen LogP contribution in [0.25, 0.3) is 0 Å². The molecule has 0 aromatic carbocycles. The van der Waals surface area contributed by atoms with E-state index in [9.17, 15) is 14.3 Å². The molecule has 5 unspecified atom stereocenters. The molecule has 5 atom stereocenters. The van der Waals surface area contributed by atoms with Crippen LogP contribution in [0.5, 0.6) is 0 Å². The number of allylic oxidation sites excluding steroid dienone is 2. The number of ether oxygens (including phenoxy) is 1. The van der Waals surface area contributed by atoms with Gasteiger partial charge in [-0.3, -0.25) is 4.90 Å². The molecule has 0 aromatic heterocycles. The minimum atomic E-state index is -1.40. The fourth-order valence-electron chi connectivity index (χ4n) is 5.14. The molecule has 3 saturated heterocycles. The van der Waals surface area contributed by atoms with Crippen LogP contribution in [0.1, 0.15) is 45.4 Å². The van der Waals surface area contributed by atoms with Crippen molar-refractivity contribution in [2.24, 2.45) is 0 Å². The fraction of sp³-hybridized carbons (Fsp3) is 0.750. The minimum absolute atomic E-state index is 0.108. The van der Waals surface area contributed by atoms with Crippen LogP contribution in [-0.4, -0.2) is 70.1 Å². The minimum Gasteiger partial charge on any atom is -0.445 e. The summed E-state index contributed by atoms with van der Waals surface area (Å²) in [7, 11) is 0.